The molecule has 0 heterocycles. The second-order valence-corrected chi connectivity index (χ2v) is 2.14. The van der Waals surface area contributed by atoms with Gasteiger partial charge in [0.2, 0.25) is 5.39 Å². The van der Waals surface area contributed by atoms with Gasteiger partial charge in [0.15, 0.2) is 16.5 Å². The van der Waals surface area contributed by atoms with E-state index in [1.165, 1.54) is 7.11 Å². The number of rotatable bonds is 2. The molecule has 0 amide bonds. The number of hydrogen-bond donors (Lipinski definition) is 0. The number of benzene rings is 1. The van der Waals surface area contributed by atoms with Gasteiger partial charge in [0.1, 0.15) is 0 Å². The van der Waals surface area contributed by atoms with Gasteiger partial charge in [-0.3, -0.25) is 0 Å². The van der Waals surface area contributed by atoms with Gasteiger partial charge in [-0.25, -0.2) is 0 Å². The molecule has 0 fully saturated rings. The largest absolute Gasteiger partial charge is 0.493 e. The van der Waals surface area contributed by atoms with Gasteiger partial charge in [-0.05, 0) is 6.07 Å². The molecule has 0 aromatic heterocycles. The van der Waals surface area contributed by atoms with Gasteiger partial charge in [-0.1, -0.05) is 0 Å². The number of hydrogen-bond acceptors (Lipinski definition) is 3. The van der Waals surface area contributed by atoms with Crippen molar-refractivity contribution in [2.75, 3.05) is 14.2 Å². The van der Waals surface area contributed by atoms with Crippen molar-refractivity contribution in [2.24, 2.45) is 0 Å². The lowest BCUT2D eigenvalue weighted by atomic mass is 10.3. The van der Waals surface area contributed by atoms with E-state index in [1.54, 1.807) is 25.3 Å². The molecule has 0 aliphatic rings. The quantitative estimate of drug-likeness (QED) is 0.639. The molecule has 0 saturated carbocycles. The Morgan fingerprint density at radius 3 is 2.50 bits per heavy atom. The lowest BCUT2D eigenvalue weighted by Gasteiger charge is -2.03. The molecule has 0 radical (unpaired) electrons. The van der Waals surface area contributed by atoms with E-state index in [9.17, 15) is 0 Å². The van der Waals surface area contributed by atoms with Crippen LogP contribution in [-0.2, 0) is 0 Å². The van der Waals surface area contributed by atoms with E-state index >= 15 is 0 Å². The van der Waals surface area contributed by atoms with E-state index < -0.39 is 0 Å². The molecule has 0 atom stereocenters. The molecule has 0 aliphatic heterocycles. The van der Waals surface area contributed by atoms with Crippen LogP contribution in [0.2, 0.25) is 0 Å². The maximum Gasteiger partial charge on any atom is 0.389 e. The Kier molecular flexibility index (Phi) is 2.06. The van der Waals surface area contributed by atoms with Crippen molar-refractivity contribution in [3.63, 3.8) is 0 Å². The maximum absolute atomic E-state index is 8.45. The van der Waals surface area contributed by atoms with Crippen LogP contribution in [0.1, 0.15) is 2.97 Å². The van der Waals surface area contributed by atoms with Crippen LogP contribution in [0, 0.1) is 5.39 Å². The molecule has 0 saturated heterocycles. The third-order valence-corrected chi connectivity index (χ3v) is 1.48. The second-order valence-electron chi connectivity index (χ2n) is 2.14. The van der Waals surface area contributed by atoms with Gasteiger partial charge in [0.05, 0.1) is 20.3 Å². The molecule has 64 valence electrons. The van der Waals surface area contributed by atoms with E-state index in [0.29, 0.717) is 17.2 Å². The lowest BCUT2D eigenvalue weighted by molar-refractivity contribution is 0.355. The van der Waals surface area contributed by atoms with E-state index in [-0.39, 0.29) is 0 Å². The van der Waals surface area contributed by atoms with Gasteiger partial charge in [0.25, 0.3) is 0 Å². The molecule has 1 rings (SSSR count). The first-order valence-corrected chi connectivity index (χ1v) is 3.39. The van der Waals surface area contributed by atoms with Crippen LogP contribution in [0.4, 0.5) is 5.69 Å². The van der Waals surface area contributed by atoms with Crippen LogP contribution in [0.5, 0.6) is 11.5 Å². The van der Waals surface area contributed by atoms with Crippen LogP contribution in [0.15, 0.2) is 18.2 Å². The number of methoxy groups -OCH3 is 2. The van der Waals surface area contributed by atoms with Crippen LogP contribution in [-0.4, -0.2) is 14.2 Å². The fraction of sp³-hybridized carbons (Fsp3) is 0.250. The van der Waals surface area contributed by atoms with Crippen molar-refractivity contribution >= 4 is 5.69 Å². The number of nitrogens with zero attached hydrogens (tertiary/aromatic N) is 2. The first-order valence-electron chi connectivity index (χ1n) is 4.39. The average molecular weight is 169 g/mol. The zero-order valence-electron chi connectivity index (χ0n) is 8.94. The summed E-state index contributed by atoms with van der Waals surface area (Å²) in [5, 5.41) is 8.45. The molecular weight excluding hydrogens is 156 g/mol. The zero-order valence-corrected chi connectivity index (χ0v) is 6.94. The third-order valence-electron chi connectivity index (χ3n) is 1.48. The van der Waals surface area contributed by atoms with Crippen molar-refractivity contribution in [1.29, 1.82) is 5.39 Å². The molecule has 12 heavy (non-hydrogen) atoms. The highest BCUT2D eigenvalue weighted by Gasteiger charge is 2.10. The number of diazo groups is 1. The summed E-state index contributed by atoms with van der Waals surface area (Å²) in [7, 11) is 3.08. The monoisotopic (exact) mass is 169 g/mol. The fourth-order valence-corrected chi connectivity index (χ4v) is 0.887. The van der Waals surface area contributed by atoms with Crippen LogP contribution >= 0.6 is 0 Å². The van der Waals surface area contributed by atoms with E-state index in [0.717, 1.165) is 0 Å². The van der Waals surface area contributed by atoms with Crippen molar-refractivity contribution in [1.82, 2.24) is 0 Å². The fourth-order valence-electron chi connectivity index (χ4n) is 0.887. The molecule has 1 aromatic rings. The Bertz CT molecular complexity index is 326. The standard InChI is InChI=1S/C8H9N2O2.H2/c1-11-7-4-3-6(10-9)5-8(7)12-2;/h3-5H,1-2H3;1H/q+1;/i;1+1D. The normalized spacial score (nSPS) is 9.42. The Balaban J connectivity index is 0.000000791. The minimum Gasteiger partial charge on any atom is -0.493 e. The Morgan fingerprint density at radius 2 is 2.00 bits per heavy atom. The van der Waals surface area contributed by atoms with Gasteiger partial charge in [-0.15, -0.1) is 0 Å². The molecule has 1 aromatic carbocycles. The summed E-state index contributed by atoms with van der Waals surface area (Å²) in [6, 6.07) is 4.88. The summed E-state index contributed by atoms with van der Waals surface area (Å²) < 4.78 is 20.0. The van der Waals surface area contributed by atoms with Crippen molar-refractivity contribution in [2.45, 2.75) is 0 Å². The third kappa shape index (κ3) is 1.45. The highest BCUT2D eigenvalue weighted by molar-refractivity contribution is 5.54. The summed E-state index contributed by atoms with van der Waals surface area (Å²) in [4.78, 5) is 3.02. The highest BCUT2D eigenvalue weighted by Crippen LogP contribution is 2.30. The van der Waals surface area contributed by atoms with Crippen molar-refractivity contribution in [3.05, 3.63) is 23.2 Å². The van der Waals surface area contributed by atoms with E-state index in [1.807, 2.05) is 0 Å². The zero-order chi connectivity index (χ0) is 11.0. The average Bonchev–Trinajstić information content (AvgIpc) is 2.30. The van der Waals surface area contributed by atoms with E-state index in [2.05, 4.69) is 4.98 Å². The van der Waals surface area contributed by atoms with Crippen molar-refractivity contribution < 1.29 is 12.4 Å². The Hall–Kier alpha value is -1.76. The molecule has 0 N–H and O–H groups in total. The molecule has 0 unspecified atom stereocenters. The molecule has 0 spiro atoms. The summed E-state index contributed by atoms with van der Waals surface area (Å²) in [6.07, 6.45) is 0. The molecule has 0 aliphatic carbocycles. The molecule has 0 bridgehead atoms. The molecule has 4 nitrogen and oxygen atoms in total. The topological polar surface area (TPSA) is 46.6 Å². The van der Waals surface area contributed by atoms with E-state index in [4.69, 9.17) is 17.8 Å². The lowest BCUT2D eigenvalue weighted by Crippen LogP contribution is -1.88. The van der Waals surface area contributed by atoms with Crippen LogP contribution < -0.4 is 9.47 Å². The summed E-state index contributed by atoms with van der Waals surface area (Å²) in [5.41, 5.74) is 0.438. The first kappa shape index (κ1) is 6.92. The van der Waals surface area contributed by atoms with Crippen LogP contribution in [0.25, 0.3) is 4.98 Å². The van der Waals surface area contributed by atoms with Crippen molar-refractivity contribution in [3.8, 4) is 11.5 Å². The summed E-state index contributed by atoms with van der Waals surface area (Å²) in [5.74, 6) is 1.16. The van der Waals surface area contributed by atoms with Gasteiger partial charge in [0, 0.05) is 9.04 Å². The first-order chi connectivity index (χ1) is 6.81. The van der Waals surface area contributed by atoms with Crippen LogP contribution in [0.3, 0.4) is 0 Å². The van der Waals surface area contributed by atoms with Gasteiger partial charge >= 0.3 is 5.69 Å². The second kappa shape index (κ2) is 3.58. The summed E-state index contributed by atoms with van der Waals surface area (Å²) >= 11 is 0. The highest BCUT2D eigenvalue weighted by atomic mass is 16.5. The Morgan fingerprint density at radius 1 is 1.33 bits per heavy atom. The van der Waals surface area contributed by atoms with Gasteiger partial charge in [-0.2, -0.15) is 0 Å². The minimum atomic E-state index is 0.438. The minimum absolute atomic E-state index is 0.438. The Labute approximate surface area is 73.4 Å². The number of ether oxygens (including phenoxy) is 2. The maximum atomic E-state index is 8.45. The molecule has 4 heteroatoms. The van der Waals surface area contributed by atoms with Gasteiger partial charge < -0.3 is 9.47 Å². The summed E-state index contributed by atoms with van der Waals surface area (Å²) in [6.45, 7) is 0. The smallest absolute Gasteiger partial charge is 0.389 e. The SMILES string of the molecule is COc1ccc([N+]#N)cc1OC.[2H][2H]. The predicted molar refractivity (Wildman–Crippen MR) is 46.4 cm³/mol. The molecular formula is C8H11N2O2+. The predicted octanol–water partition coefficient (Wildman–Crippen LogP) is 2.43.